The first kappa shape index (κ1) is 9.32. The molecule has 2 heterocycles. The van der Waals surface area contributed by atoms with Crippen molar-refractivity contribution in [3.63, 3.8) is 0 Å². The third-order valence-corrected chi connectivity index (χ3v) is 1.77. The predicted molar refractivity (Wildman–Crippen MR) is 50.5 cm³/mol. The van der Waals surface area contributed by atoms with Gasteiger partial charge in [-0.15, -0.1) is 0 Å². The molecule has 0 aliphatic carbocycles. The summed E-state index contributed by atoms with van der Waals surface area (Å²) in [5, 5.41) is 3.98. The molecule has 0 spiro atoms. The molecule has 0 unspecified atom stereocenters. The second-order valence-corrected chi connectivity index (χ2v) is 2.70. The number of nitrogens with zero attached hydrogens (tertiary/aromatic N) is 4. The third-order valence-electron chi connectivity index (χ3n) is 1.77. The number of hydrogen-bond donors (Lipinski definition) is 0. The summed E-state index contributed by atoms with van der Waals surface area (Å²) in [5.41, 5.74) is 0.174. The Kier molecular flexibility index (Phi) is 2.40. The molecule has 2 rings (SSSR count). The maximum Gasteiger partial charge on any atom is 0.358 e. The Labute approximate surface area is 85.5 Å². The van der Waals surface area contributed by atoms with Crippen molar-refractivity contribution < 1.29 is 9.53 Å². The molecule has 2 aromatic rings. The van der Waals surface area contributed by atoms with Gasteiger partial charge in [0.2, 0.25) is 0 Å². The molecule has 0 saturated carbocycles. The van der Waals surface area contributed by atoms with Crippen LogP contribution in [0.5, 0.6) is 0 Å². The smallest absolute Gasteiger partial charge is 0.358 e. The Morgan fingerprint density at radius 1 is 1.40 bits per heavy atom. The fraction of sp³-hybridized carbons (Fsp3) is 0.111. The van der Waals surface area contributed by atoms with Crippen molar-refractivity contribution in [2.75, 3.05) is 7.11 Å². The van der Waals surface area contributed by atoms with Crippen LogP contribution < -0.4 is 0 Å². The summed E-state index contributed by atoms with van der Waals surface area (Å²) in [6, 6.07) is 1.77. The predicted octanol–water partition coefficient (Wildman–Crippen LogP) is 0.449. The average Bonchev–Trinajstić information content (AvgIpc) is 2.82. The van der Waals surface area contributed by atoms with E-state index in [4.69, 9.17) is 0 Å². The summed E-state index contributed by atoms with van der Waals surface area (Å²) < 4.78 is 6.05. The molecule has 0 atom stereocenters. The number of aromatic nitrogens is 4. The van der Waals surface area contributed by atoms with Crippen molar-refractivity contribution in [3.05, 3.63) is 36.5 Å². The first-order valence-corrected chi connectivity index (χ1v) is 4.21. The zero-order valence-electron chi connectivity index (χ0n) is 7.99. The van der Waals surface area contributed by atoms with E-state index in [1.807, 2.05) is 0 Å². The van der Waals surface area contributed by atoms with Crippen molar-refractivity contribution in [1.29, 1.82) is 0 Å². The fourth-order valence-corrected chi connectivity index (χ4v) is 1.05. The van der Waals surface area contributed by atoms with Crippen molar-refractivity contribution in [3.8, 4) is 5.82 Å². The second kappa shape index (κ2) is 3.87. The molecule has 0 radical (unpaired) electrons. The topological polar surface area (TPSA) is 69.9 Å². The molecule has 6 heteroatoms. The van der Waals surface area contributed by atoms with Crippen molar-refractivity contribution in [2.45, 2.75) is 0 Å². The summed E-state index contributed by atoms with van der Waals surface area (Å²) in [7, 11) is 1.30. The van der Waals surface area contributed by atoms with Crippen LogP contribution in [0.25, 0.3) is 5.82 Å². The van der Waals surface area contributed by atoms with Crippen molar-refractivity contribution in [2.24, 2.45) is 0 Å². The van der Waals surface area contributed by atoms with Gasteiger partial charge in [0, 0.05) is 12.4 Å². The van der Waals surface area contributed by atoms with Gasteiger partial charge in [0.05, 0.1) is 19.5 Å². The van der Waals surface area contributed by atoms with E-state index in [1.54, 1.807) is 23.1 Å². The third kappa shape index (κ3) is 1.83. The van der Waals surface area contributed by atoms with E-state index in [0.29, 0.717) is 5.82 Å². The highest BCUT2D eigenvalue weighted by Crippen LogP contribution is 2.01. The van der Waals surface area contributed by atoms with Gasteiger partial charge in [-0.2, -0.15) is 5.10 Å². The first-order chi connectivity index (χ1) is 7.31. The summed E-state index contributed by atoms with van der Waals surface area (Å²) in [6.45, 7) is 0. The standard InChI is InChI=1S/C9H8N4O2/c1-15-9(14)7-5-11-8(6-10-7)13-4-2-3-12-13/h2-6H,1H3. The minimum atomic E-state index is -0.505. The molecule has 15 heavy (non-hydrogen) atoms. The van der Waals surface area contributed by atoms with Crippen LogP contribution in [0.15, 0.2) is 30.9 Å². The molecule has 0 bridgehead atoms. The SMILES string of the molecule is COC(=O)c1cnc(-n2cccn2)cn1. The molecule has 76 valence electrons. The zero-order chi connectivity index (χ0) is 10.7. The highest BCUT2D eigenvalue weighted by atomic mass is 16.5. The quantitative estimate of drug-likeness (QED) is 0.664. The monoisotopic (exact) mass is 204 g/mol. The Balaban J connectivity index is 2.29. The molecule has 0 aromatic carbocycles. The molecule has 0 N–H and O–H groups in total. The second-order valence-electron chi connectivity index (χ2n) is 2.70. The van der Waals surface area contributed by atoms with Gasteiger partial charge in [-0.25, -0.2) is 19.4 Å². The fourth-order valence-electron chi connectivity index (χ4n) is 1.05. The zero-order valence-corrected chi connectivity index (χ0v) is 7.99. The number of carbonyl (C=O) groups excluding carboxylic acids is 1. The number of rotatable bonds is 2. The lowest BCUT2D eigenvalue weighted by Crippen LogP contribution is -2.07. The summed E-state index contributed by atoms with van der Waals surface area (Å²) in [4.78, 5) is 19.0. The normalized spacial score (nSPS) is 9.93. The Hall–Kier alpha value is -2.24. The number of hydrogen-bond acceptors (Lipinski definition) is 5. The Morgan fingerprint density at radius 3 is 2.80 bits per heavy atom. The van der Waals surface area contributed by atoms with Crippen LogP contribution in [0, 0.1) is 0 Å². The molecular weight excluding hydrogens is 196 g/mol. The number of ether oxygens (including phenoxy) is 1. The van der Waals surface area contributed by atoms with E-state index in [9.17, 15) is 4.79 Å². The van der Waals surface area contributed by atoms with Gasteiger partial charge in [-0.1, -0.05) is 0 Å². The van der Waals surface area contributed by atoms with Crippen LogP contribution in [0.3, 0.4) is 0 Å². The highest BCUT2D eigenvalue weighted by Gasteiger charge is 2.07. The van der Waals surface area contributed by atoms with Gasteiger partial charge in [0.1, 0.15) is 0 Å². The number of methoxy groups -OCH3 is 1. The number of esters is 1. The average molecular weight is 204 g/mol. The minimum Gasteiger partial charge on any atom is -0.464 e. The number of carbonyl (C=O) groups is 1. The van der Waals surface area contributed by atoms with E-state index < -0.39 is 5.97 Å². The maximum absolute atomic E-state index is 11.1. The van der Waals surface area contributed by atoms with Crippen LogP contribution >= 0.6 is 0 Å². The Morgan fingerprint density at radius 2 is 2.27 bits per heavy atom. The minimum absolute atomic E-state index is 0.174. The molecule has 2 aromatic heterocycles. The van der Waals surface area contributed by atoms with Gasteiger partial charge in [-0.3, -0.25) is 0 Å². The van der Waals surface area contributed by atoms with Crippen LogP contribution in [-0.2, 0) is 4.74 Å². The Bertz CT molecular complexity index is 449. The lowest BCUT2D eigenvalue weighted by atomic mass is 10.4. The molecule has 6 nitrogen and oxygen atoms in total. The van der Waals surface area contributed by atoms with Crippen LogP contribution in [0.2, 0.25) is 0 Å². The molecule has 0 amide bonds. The van der Waals surface area contributed by atoms with Crippen LogP contribution in [0.4, 0.5) is 0 Å². The van der Waals surface area contributed by atoms with Crippen LogP contribution in [0.1, 0.15) is 10.5 Å². The van der Waals surface area contributed by atoms with Gasteiger partial charge < -0.3 is 4.74 Å². The molecular formula is C9H8N4O2. The molecule has 0 aliphatic rings. The maximum atomic E-state index is 11.1. The van der Waals surface area contributed by atoms with Gasteiger partial charge in [0.15, 0.2) is 11.5 Å². The summed E-state index contributed by atoms with van der Waals surface area (Å²) in [6.07, 6.45) is 6.18. The van der Waals surface area contributed by atoms with E-state index in [2.05, 4.69) is 19.8 Å². The molecule has 0 saturated heterocycles. The van der Waals surface area contributed by atoms with Crippen molar-refractivity contribution >= 4 is 5.97 Å². The highest BCUT2D eigenvalue weighted by molar-refractivity contribution is 5.86. The van der Waals surface area contributed by atoms with E-state index in [1.165, 1.54) is 19.5 Å². The summed E-state index contributed by atoms with van der Waals surface area (Å²) >= 11 is 0. The van der Waals surface area contributed by atoms with Gasteiger partial charge in [-0.05, 0) is 6.07 Å². The van der Waals surface area contributed by atoms with E-state index in [0.717, 1.165) is 0 Å². The van der Waals surface area contributed by atoms with Gasteiger partial charge >= 0.3 is 5.97 Å². The first-order valence-electron chi connectivity index (χ1n) is 4.21. The lowest BCUT2D eigenvalue weighted by molar-refractivity contribution is 0.0593. The largest absolute Gasteiger partial charge is 0.464 e. The lowest BCUT2D eigenvalue weighted by Gasteiger charge is -2.00. The van der Waals surface area contributed by atoms with Crippen molar-refractivity contribution in [1.82, 2.24) is 19.7 Å². The molecule has 0 fully saturated rings. The molecule has 0 aliphatic heterocycles. The van der Waals surface area contributed by atoms with E-state index >= 15 is 0 Å². The van der Waals surface area contributed by atoms with E-state index in [-0.39, 0.29) is 5.69 Å². The van der Waals surface area contributed by atoms with Gasteiger partial charge in [0.25, 0.3) is 0 Å². The summed E-state index contributed by atoms with van der Waals surface area (Å²) in [5.74, 6) is 0.0437. The van der Waals surface area contributed by atoms with Crippen LogP contribution in [-0.4, -0.2) is 32.8 Å².